The fraction of sp³-hybridized carbons (Fsp3) is 0.429. The largest absolute Gasteiger partial charge is 0.467 e. The van der Waals surface area contributed by atoms with Crippen molar-refractivity contribution in [1.29, 1.82) is 0 Å². The molecule has 0 heterocycles. The van der Waals surface area contributed by atoms with Crippen molar-refractivity contribution in [3.63, 3.8) is 0 Å². The Morgan fingerprint density at radius 1 is 1.29 bits per heavy atom. The summed E-state index contributed by atoms with van der Waals surface area (Å²) in [6.45, 7) is 2.06. The van der Waals surface area contributed by atoms with E-state index in [0.29, 0.717) is 22.2 Å². The Bertz CT molecular complexity index is 487. The molecule has 0 bridgehead atoms. The third-order valence-electron chi connectivity index (χ3n) is 2.73. The van der Waals surface area contributed by atoms with E-state index in [4.69, 9.17) is 27.9 Å². The molecule has 21 heavy (non-hydrogen) atoms. The second-order valence-corrected chi connectivity index (χ2v) is 5.00. The zero-order chi connectivity index (χ0) is 15.8. The van der Waals surface area contributed by atoms with Gasteiger partial charge >= 0.3 is 5.97 Å². The number of halogens is 2. The highest BCUT2D eigenvalue weighted by molar-refractivity contribution is 6.36. The highest BCUT2D eigenvalue weighted by atomic mass is 35.5. The molecule has 116 valence electrons. The summed E-state index contributed by atoms with van der Waals surface area (Å²) in [7, 11) is 1.25. The van der Waals surface area contributed by atoms with Crippen LogP contribution in [-0.4, -0.2) is 38.2 Å². The Labute approximate surface area is 133 Å². The van der Waals surface area contributed by atoms with Crippen LogP contribution < -0.4 is 5.32 Å². The van der Waals surface area contributed by atoms with E-state index in [1.165, 1.54) is 7.11 Å². The molecule has 0 unspecified atom stereocenters. The van der Waals surface area contributed by atoms with Gasteiger partial charge in [0, 0.05) is 23.1 Å². The molecule has 7 heteroatoms. The fourth-order valence-electron chi connectivity index (χ4n) is 1.70. The number of carbonyl (C=O) groups excluding carboxylic acids is 2. The van der Waals surface area contributed by atoms with E-state index in [9.17, 15) is 9.59 Å². The van der Waals surface area contributed by atoms with Crippen molar-refractivity contribution >= 4 is 35.1 Å². The van der Waals surface area contributed by atoms with Crippen LogP contribution in [0.15, 0.2) is 18.2 Å². The molecule has 0 saturated carbocycles. The third kappa shape index (κ3) is 5.53. The van der Waals surface area contributed by atoms with Crippen molar-refractivity contribution in [2.24, 2.45) is 0 Å². The number of ether oxygens (including phenoxy) is 2. The standard InChI is InChI=1S/C14H17Cl2NO4/c1-3-21-8-13(18)17-12(14(19)20-2)7-9-10(15)5-4-6-11(9)16/h4-6,12H,3,7-8H2,1-2H3,(H,17,18)/t12-/m0/s1. The predicted octanol–water partition coefficient (Wildman–Crippen LogP) is 2.23. The maximum absolute atomic E-state index is 11.8. The first kappa shape index (κ1) is 17.8. The Morgan fingerprint density at radius 2 is 1.90 bits per heavy atom. The van der Waals surface area contributed by atoms with E-state index < -0.39 is 17.9 Å². The monoisotopic (exact) mass is 333 g/mol. The lowest BCUT2D eigenvalue weighted by Gasteiger charge is -2.18. The SMILES string of the molecule is CCOCC(=O)N[C@@H](Cc1c(Cl)cccc1Cl)C(=O)OC. The van der Waals surface area contributed by atoms with Crippen LogP contribution in [0.5, 0.6) is 0 Å². The summed E-state index contributed by atoms with van der Waals surface area (Å²) >= 11 is 12.1. The fourth-order valence-corrected chi connectivity index (χ4v) is 2.25. The van der Waals surface area contributed by atoms with Gasteiger partial charge in [-0.3, -0.25) is 4.79 Å². The Kier molecular flexibility index (Phi) is 7.50. The smallest absolute Gasteiger partial charge is 0.328 e. The summed E-state index contributed by atoms with van der Waals surface area (Å²) in [6.07, 6.45) is 0.142. The van der Waals surface area contributed by atoms with Crippen LogP contribution in [-0.2, 0) is 25.5 Å². The number of amides is 1. The van der Waals surface area contributed by atoms with Gasteiger partial charge in [0.25, 0.3) is 0 Å². The van der Waals surface area contributed by atoms with E-state index in [0.717, 1.165) is 0 Å². The molecular weight excluding hydrogens is 317 g/mol. The first-order chi connectivity index (χ1) is 9.99. The van der Waals surface area contributed by atoms with Crippen LogP contribution >= 0.6 is 23.2 Å². The molecule has 0 spiro atoms. The Morgan fingerprint density at radius 3 is 2.43 bits per heavy atom. The molecule has 1 aromatic rings. The number of hydrogen-bond donors (Lipinski definition) is 1. The van der Waals surface area contributed by atoms with Crippen LogP contribution in [0.3, 0.4) is 0 Å². The molecule has 0 aliphatic carbocycles. The summed E-state index contributed by atoms with van der Waals surface area (Å²) < 4.78 is 9.68. The van der Waals surface area contributed by atoms with Gasteiger partial charge in [-0.15, -0.1) is 0 Å². The molecule has 0 aliphatic rings. The third-order valence-corrected chi connectivity index (χ3v) is 3.44. The summed E-state index contributed by atoms with van der Waals surface area (Å²) in [5.74, 6) is -0.980. The van der Waals surface area contributed by atoms with Gasteiger partial charge < -0.3 is 14.8 Å². The van der Waals surface area contributed by atoms with Gasteiger partial charge in [-0.2, -0.15) is 0 Å². The molecule has 5 nitrogen and oxygen atoms in total. The Balaban J connectivity index is 2.84. The summed E-state index contributed by atoms with van der Waals surface area (Å²) in [5.41, 5.74) is 0.577. The van der Waals surface area contributed by atoms with Crippen LogP contribution in [0, 0.1) is 0 Å². The van der Waals surface area contributed by atoms with Crippen LogP contribution in [0.2, 0.25) is 10.0 Å². The van der Waals surface area contributed by atoms with Crippen molar-refractivity contribution in [3.05, 3.63) is 33.8 Å². The lowest BCUT2D eigenvalue weighted by atomic mass is 10.1. The molecule has 1 N–H and O–H groups in total. The molecule has 1 atom stereocenters. The minimum atomic E-state index is -0.875. The second-order valence-electron chi connectivity index (χ2n) is 4.18. The zero-order valence-corrected chi connectivity index (χ0v) is 13.3. The Hall–Kier alpha value is -1.30. The van der Waals surface area contributed by atoms with E-state index in [1.807, 2.05) is 0 Å². The minimum Gasteiger partial charge on any atom is -0.467 e. The van der Waals surface area contributed by atoms with Crippen molar-refractivity contribution < 1.29 is 19.1 Å². The molecule has 0 aromatic heterocycles. The van der Waals surface area contributed by atoms with E-state index in [-0.39, 0.29) is 13.0 Å². The summed E-state index contributed by atoms with van der Waals surface area (Å²) in [6, 6.07) is 4.16. The number of esters is 1. The quantitative estimate of drug-likeness (QED) is 0.777. The van der Waals surface area contributed by atoms with Gasteiger partial charge in [-0.1, -0.05) is 29.3 Å². The van der Waals surface area contributed by atoms with E-state index in [2.05, 4.69) is 10.1 Å². The molecule has 0 aliphatic heterocycles. The molecule has 1 amide bonds. The minimum absolute atomic E-state index is 0.125. The number of methoxy groups -OCH3 is 1. The molecule has 0 radical (unpaired) electrons. The number of hydrogen-bond acceptors (Lipinski definition) is 4. The average Bonchev–Trinajstić information content (AvgIpc) is 2.47. The zero-order valence-electron chi connectivity index (χ0n) is 11.8. The number of carbonyl (C=O) groups is 2. The summed E-state index contributed by atoms with van der Waals surface area (Å²) in [5, 5.41) is 3.40. The first-order valence-electron chi connectivity index (χ1n) is 6.37. The van der Waals surface area contributed by atoms with Gasteiger partial charge in [0.1, 0.15) is 12.6 Å². The number of rotatable bonds is 7. The van der Waals surface area contributed by atoms with Crippen molar-refractivity contribution in [1.82, 2.24) is 5.32 Å². The lowest BCUT2D eigenvalue weighted by molar-refractivity contribution is -0.145. The molecule has 0 saturated heterocycles. The van der Waals surface area contributed by atoms with Gasteiger partial charge in [0.05, 0.1) is 7.11 Å². The molecule has 0 fully saturated rings. The maximum atomic E-state index is 11.8. The normalized spacial score (nSPS) is 11.8. The predicted molar refractivity (Wildman–Crippen MR) is 80.6 cm³/mol. The summed E-state index contributed by atoms with van der Waals surface area (Å²) in [4.78, 5) is 23.5. The van der Waals surface area contributed by atoms with Gasteiger partial charge in [-0.05, 0) is 24.6 Å². The number of nitrogens with one attached hydrogen (secondary N) is 1. The van der Waals surface area contributed by atoms with Crippen molar-refractivity contribution in [2.75, 3.05) is 20.3 Å². The topological polar surface area (TPSA) is 64.6 Å². The molecule has 1 aromatic carbocycles. The van der Waals surface area contributed by atoms with Crippen LogP contribution in [0.25, 0.3) is 0 Å². The maximum Gasteiger partial charge on any atom is 0.328 e. The van der Waals surface area contributed by atoms with Crippen molar-refractivity contribution in [3.8, 4) is 0 Å². The number of benzene rings is 1. The van der Waals surface area contributed by atoms with Gasteiger partial charge in [-0.25, -0.2) is 4.79 Å². The molecule has 1 rings (SSSR count). The first-order valence-corrected chi connectivity index (χ1v) is 7.13. The van der Waals surface area contributed by atoms with Crippen molar-refractivity contribution in [2.45, 2.75) is 19.4 Å². The second kappa shape index (κ2) is 8.87. The van der Waals surface area contributed by atoms with E-state index in [1.54, 1.807) is 25.1 Å². The lowest BCUT2D eigenvalue weighted by Crippen LogP contribution is -2.44. The van der Waals surface area contributed by atoms with Crippen LogP contribution in [0.1, 0.15) is 12.5 Å². The molecular formula is C14H17Cl2NO4. The van der Waals surface area contributed by atoms with Gasteiger partial charge in [0.2, 0.25) is 5.91 Å². The highest BCUT2D eigenvalue weighted by Gasteiger charge is 2.24. The van der Waals surface area contributed by atoms with E-state index >= 15 is 0 Å². The van der Waals surface area contributed by atoms with Gasteiger partial charge in [0.15, 0.2) is 0 Å². The average molecular weight is 334 g/mol. The van der Waals surface area contributed by atoms with Crippen LogP contribution in [0.4, 0.5) is 0 Å². The highest BCUT2D eigenvalue weighted by Crippen LogP contribution is 2.25.